The van der Waals surface area contributed by atoms with Crippen LogP contribution in [-0.4, -0.2) is 14.5 Å². The molecule has 2 aromatic rings. The molecular formula is C14H19ClN4. The fourth-order valence-electron chi connectivity index (χ4n) is 3.33. The Hall–Kier alpha value is -1.29. The Balaban J connectivity index is 2.07. The molecule has 0 aromatic carbocycles. The zero-order chi connectivity index (χ0) is 13.6. The molecule has 102 valence electrons. The minimum absolute atomic E-state index is 0.398. The Morgan fingerprint density at radius 1 is 1.37 bits per heavy atom. The highest BCUT2D eigenvalue weighted by atomic mass is 35.5. The summed E-state index contributed by atoms with van der Waals surface area (Å²) in [7, 11) is 0. The Labute approximate surface area is 118 Å². The third-order valence-electron chi connectivity index (χ3n) is 4.24. The van der Waals surface area contributed by atoms with Crippen LogP contribution in [0.4, 0.5) is 5.95 Å². The number of anilines is 1. The molecule has 2 aromatic heterocycles. The number of hydrogen-bond acceptors (Lipinski definition) is 3. The number of nitrogens with two attached hydrogens (primary N) is 1. The zero-order valence-corrected chi connectivity index (χ0v) is 12.1. The van der Waals surface area contributed by atoms with Gasteiger partial charge < -0.3 is 5.73 Å². The maximum absolute atomic E-state index is 6.10. The lowest BCUT2D eigenvalue weighted by Crippen LogP contribution is -2.25. The number of aromatic nitrogens is 3. The van der Waals surface area contributed by atoms with Crippen LogP contribution >= 0.6 is 11.6 Å². The van der Waals surface area contributed by atoms with Gasteiger partial charge in [0.15, 0.2) is 5.65 Å². The van der Waals surface area contributed by atoms with E-state index in [0.29, 0.717) is 22.9 Å². The van der Waals surface area contributed by atoms with Crippen molar-refractivity contribution in [2.75, 3.05) is 5.73 Å². The minimum Gasteiger partial charge on any atom is -0.369 e. The van der Waals surface area contributed by atoms with E-state index >= 15 is 0 Å². The van der Waals surface area contributed by atoms with E-state index in [-0.39, 0.29) is 0 Å². The molecule has 4 nitrogen and oxygen atoms in total. The van der Waals surface area contributed by atoms with Crippen molar-refractivity contribution in [3.8, 4) is 0 Å². The second-order valence-corrected chi connectivity index (χ2v) is 6.24. The molecule has 2 heterocycles. The van der Waals surface area contributed by atoms with Crippen molar-refractivity contribution in [2.24, 2.45) is 11.8 Å². The van der Waals surface area contributed by atoms with Gasteiger partial charge >= 0.3 is 0 Å². The van der Waals surface area contributed by atoms with Gasteiger partial charge in [-0.3, -0.25) is 4.57 Å². The van der Waals surface area contributed by atoms with E-state index in [1.165, 1.54) is 12.8 Å². The maximum atomic E-state index is 6.10. The SMILES string of the molecule is CC1CCC(n2c(N)nc3cc(Cl)cnc32)C(C)C1. The first kappa shape index (κ1) is 12.7. The summed E-state index contributed by atoms with van der Waals surface area (Å²) in [6, 6.07) is 2.22. The van der Waals surface area contributed by atoms with Crippen LogP contribution in [-0.2, 0) is 0 Å². The molecule has 2 N–H and O–H groups in total. The quantitative estimate of drug-likeness (QED) is 0.866. The summed E-state index contributed by atoms with van der Waals surface area (Å²) in [6.07, 6.45) is 5.28. The van der Waals surface area contributed by atoms with Gasteiger partial charge in [-0.2, -0.15) is 0 Å². The molecule has 0 amide bonds. The highest BCUT2D eigenvalue weighted by Gasteiger charge is 2.29. The molecule has 1 aliphatic rings. The highest BCUT2D eigenvalue weighted by Crippen LogP contribution is 2.39. The molecular weight excluding hydrogens is 260 g/mol. The molecule has 1 saturated carbocycles. The molecule has 0 saturated heterocycles. The van der Waals surface area contributed by atoms with Crippen molar-refractivity contribution in [2.45, 2.75) is 39.2 Å². The summed E-state index contributed by atoms with van der Waals surface area (Å²) < 4.78 is 2.10. The largest absolute Gasteiger partial charge is 0.369 e. The van der Waals surface area contributed by atoms with E-state index in [1.807, 2.05) is 6.07 Å². The smallest absolute Gasteiger partial charge is 0.202 e. The maximum Gasteiger partial charge on any atom is 0.202 e. The molecule has 1 aliphatic carbocycles. The van der Waals surface area contributed by atoms with Gasteiger partial charge in [0.2, 0.25) is 5.95 Å². The fraction of sp³-hybridized carbons (Fsp3) is 0.571. The predicted molar refractivity (Wildman–Crippen MR) is 78.2 cm³/mol. The molecule has 3 atom stereocenters. The topological polar surface area (TPSA) is 56.7 Å². The molecule has 3 rings (SSSR count). The number of nitrogens with zero attached hydrogens (tertiary/aromatic N) is 3. The first-order valence-corrected chi connectivity index (χ1v) is 7.23. The molecule has 0 spiro atoms. The number of pyridine rings is 1. The molecule has 0 aliphatic heterocycles. The number of fused-ring (bicyclic) bond motifs is 1. The van der Waals surface area contributed by atoms with E-state index < -0.39 is 0 Å². The van der Waals surface area contributed by atoms with Gasteiger partial charge in [-0.25, -0.2) is 9.97 Å². The Kier molecular flexibility index (Phi) is 3.13. The Morgan fingerprint density at radius 3 is 2.89 bits per heavy atom. The van der Waals surface area contributed by atoms with Gasteiger partial charge in [-0.05, 0) is 37.2 Å². The lowest BCUT2D eigenvalue weighted by molar-refractivity contribution is 0.212. The number of hydrogen-bond donors (Lipinski definition) is 1. The summed E-state index contributed by atoms with van der Waals surface area (Å²) in [5.41, 5.74) is 7.74. The van der Waals surface area contributed by atoms with E-state index in [2.05, 4.69) is 28.4 Å². The van der Waals surface area contributed by atoms with Crippen LogP contribution in [0.2, 0.25) is 5.02 Å². The Morgan fingerprint density at radius 2 is 2.16 bits per heavy atom. The number of rotatable bonds is 1. The third-order valence-corrected chi connectivity index (χ3v) is 4.45. The standard InChI is InChI=1S/C14H19ClN4/c1-8-3-4-12(9(2)5-8)19-13-11(18-14(19)16)6-10(15)7-17-13/h6-9,12H,3-5H2,1-2H3,(H2,16,18). The van der Waals surface area contributed by atoms with Gasteiger partial charge in [0.1, 0.15) is 5.52 Å². The molecule has 1 fully saturated rings. The van der Waals surface area contributed by atoms with E-state index in [0.717, 1.165) is 23.5 Å². The first-order valence-electron chi connectivity index (χ1n) is 6.85. The van der Waals surface area contributed by atoms with Gasteiger partial charge in [-0.15, -0.1) is 0 Å². The molecule has 0 radical (unpaired) electrons. The summed E-state index contributed by atoms with van der Waals surface area (Å²) in [5, 5.41) is 0.600. The lowest BCUT2D eigenvalue weighted by atomic mass is 9.80. The fourth-order valence-corrected chi connectivity index (χ4v) is 3.49. The second-order valence-electron chi connectivity index (χ2n) is 5.80. The molecule has 5 heteroatoms. The van der Waals surface area contributed by atoms with Crippen LogP contribution < -0.4 is 5.73 Å². The third kappa shape index (κ3) is 2.18. The van der Waals surface area contributed by atoms with Gasteiger partial charge in [0.05, 0.1) is 5.02 Å². The molecule has 19 heavy (non-hydrogen) atoms. The second kappa shape index (κ2) is 4.67. The van der Waals surface area contributed by atoms with Crippen molar-refractivity contribution in [3.63, 3.8) is 0 Å². The summed E-state index contributed by atoms with van der Waals surface area (Å²) in [5.74, 6) is 1.95. The number of imidazole rings is 1. The lowest BCUT2D eigenvalue weighted by Gasteiger charge is -2.34. The summed E-state index contributed by atoms with van der Waals surface area (Å²) >= 11 is 5.96. The Bertz CT molecular complexity index is 607. The summed E-state index contributed by atoms with van der Waals surface area (Å²) in [4.78, 5) is 8.82. The van der Waals surface area contributed by atoms with Gasteiger partial charge in [-0.1, -0.05) is 25.4 Å². The zero-order valence-electron chi connectivity index (χ0n) is 11.3. The first-order chi connectivity index (χ1) is 9.06. The average molecular weight is 279 g/mol. The number of halogens is 1. The highest BCUT2D eigenvalue weighted by molar-refractivity contribution is 6.31. The van der Waals surface area contributed by atoms with Crippen molar-refractivity contribution < 1.29 is 0 Å². The van der Waals surface area contributed by atoms with Gasteiger partial charge in [0, 0.05) is 12.2 Å². The molecule has 3 unspecified atom stereocenters. The van der Waals surface area contributed by atoms with E-state index in [1.54, 1.807) is 6.20 Å². The van der Waals surface area contributed by atoms with Crippen LogP contribution in [0.1, 0.15) is 39.2 Å². The van der Waals surface area contributed by atoms with Crippen LogP contribution in [0.15, 0.2) is 12.3 Å². The normalized spacial score (nSPS) is 27.8. The van der Waals surface area contributed by atoms with Crippen molar-refractivity contribution in [3.05, 3.63) is 17.3 Å². The van der Waals surface area contributed by atoms with Crippen LogP contribution in [0, 0.1) is 11.8 Å². The minimum atomic E-state index is 0.398. The van der Waals surface area contributed by atoms with Crippen molar-refractivity contribution >= 4 is 28.7 Å². The predicted octanol–water partition coefficient (Wildman–Crippen LogP) is 3.66. The monoisotopic (exact) mass is 278 g/mol. The molecule has 0 bridgehead atoms. The van der Waals surface area contributed by atoms with Gasteiger partial charge in [0.25, 0.3) is 0 Å². The summed E-state index contributed by atoms with van der Waals surface area (Å²) in [6.45, 7) is 4.61. The van der Waals surface area contributed by atoms with Crippen LogP contribution in [0.25, 0.3) is 11.2 Å². The van der Waals surface area contributed by atoms with Crippen LogP contribution in [0.5, 0.6) is 0 Å². The van der Waals surface area contributed by atoms with Crippen molar-refractivity contribution in [1.82, 2.24) is 14.5 Å². The van der Waals surface area contributed by atoms with Crippen LogP contribution in [0.3, 0.4) is 0 Å². The van der Waals surface area contributed by atoms with E-state index in [9.17, 15) is 0 Å². The van der Waals surface area contributed by atoms with Crippen molar-refractivity contribution in [1.29, 1.82) is 0 Å². The number of nitrogen functional groups attached to an aromatic ring is 1. The van der Waals surface area contributed by atoms with E-state index in [4.69, 9.17) is 17.3 Å². The average Bonchev–Trinajstić information content (AvgIpc) is 2.65.